The van der Waals surface area contributed by atoms with E-state index in [-0.39, 0.29) is 19.9 Å². The summed E-state index contributed by atoms with van der Waals surface area (Å²) in [4.78, 5) is 12.1. The second kappa shape index (κ2) is 4.56. The molecule has 0 atom stereocenters. The van der Waals surface area contributed by atoms with Crippen LogP contribution in [-0.4, -0.2) is 14.5 Å². The number of rotatable bonds is 1. The maximum absolute atomic E-state index is 12.1. The van der Waals surface area contributed by atoms with Gasteiger partial charge in [-0.3, -0.25) is 0 Å². The Kier molecular flexibility index (Phi) is 2.91. The second-order valence-corrected chi connectivity index (χ2v) is 6.61. The molecule has 0 saturated heterocycles. The van der Waals surface area contributed by atoms with Gasteiger partial charge in [0.1, 0.15) is 0 Å². The number of hydrogen-bond donors (Lipinski definition) is 0. The Hall–Kier alpha value is -1.63. The molecule has 0 aliphatic rings. The van der Waals surface area contributed by atoms with Crippen molar-refractivity contribution < 1.29 is 0 Å². The average Bonchev–Trinajstić information content (AvgIpc) is 2.39. The quantitative estimate of drug-likeness (QED) is 0.631. The molecule has 1 aromatic heterocycles. The molecule has 0 aliphatic heterocycles. The van der Waals surface area contributed by atoms with E-state index < -0.39 is 0 Å². The summed E-state index contributed by atoms with van der Waals surface area (Å²) < 4.78 is 2.36. The Morgan fingerprint density at radius 3 is 2.44 bits per heavy atom. The molecule has 0 unspecified atom stereocenters. The third kappa shape index (κ3) is 2.05. The van der Waals surface area contributed by atoms with Gasteiger partial charge in [-0.1, -0.05) is 0 Å². The zero-order valence-corrected chi connectivity index (χ0v) is 11.7. The first kappa shape index (κ1) is 11.5. The summed E-state index contributed by atoms with van der Waals surface area (Å²) in [5.74, 6) is 0. The van der Waals surface area contributed by atoms with Gasteiger partial charge in [0, 0.05) is 0 Å². The van der Waals surface area contributed by atoms with Crippen LogP contribution in [0.4, 0.5) is 0 Å². The minimum absolute atomic E-state index is 0.134. The van der Waals surface area contributed by atoms with Gasteiger partial charge in [-0.2, -0.15) is 0 Å². The van der Waals surface area contributed by atoms with Gasteiger partial charge in [-0.05, 0) is 0 Å². The molecule has 0 aliphatic carbocycles. The van der Waals surface area contributed by atoms with Crippen molar-refractivity contribution >= 4 is 24.1 Å². The molecule has 18 heavy (non-hydrogen) atoms. The summed E-state index contributed by atoms with van der Waals surface area (Å²) in [6.07, 6.45) is 0. The van der Waals surface area contributed by atoms with Crippen LogP contribution in [0.3, 0.4) is 0 Å². The summed E-state index contributed by atoms with van der Waals surface area (Å²) in [6.45, 7) is 2.07. The fraction of sp³-hybridized carbons (Fsp3) is 0.0625. The maximum atomic E-state index is 12.1. The van der Waals surface area contributed by atoms with Crippen molar-refractivity contribution in [2.24, 2.45) is 0 Å². The van der Waals surface area contributed by atoms with Gasteiger partial charge in [0.05, 0.1) is 0 Å². The number of fused-ring (bicyclic) bond motifs is 1. The average molecular weight is 299 g/mol. The Morgan fingerprint density at radius 2 is 1.67 bits per heavy atom. The summed E-state index contributed by atoms with van der Waals surface area (Å²) in [7, 11) is 0. The van der Waals surface area contributed by atoms with Crippen molar-refractivity contribution in [1.82, 2.24) is 0 Å². The van der Waals surface area contributed by atoms with Gasteiger partial charge in [0.15, 0.2) is 0 Å². The van der Waals surface area contributed by atoms with Crippen LogP contribution in [0.25, 0.3) is 19.6 Å². The van der Waals surface area contributed by atoms with E-state index in [0.29, 0.717) is 0 Å². The molecule has 1 heterocycles. The molecule has 2 aromatic carbocycles. The van der Waals surface area contributed by atoms with E-state index >= 15 is 0 Å². The van der Waals surface area contributed by atoms with Gasteiger partial charge in [0.2, 0.25) is 0 Å². The van der Waals surface area contributed by atoms with Gasteiger partial charge in [-0.15, -0.1) is 0 Å². The molecule has 0 fully saturated rings. The van der Waals surface area contributed by atoms with E-state index in [9.17, 15) is 4.79 Å². The van der Waals surface area contributed by atoms with E-state index in [1.165, 1.54) is 19.8 Å². The standard InChI is InChI=1S/C16H12OSe/c1-11-6-8-12(9-7-11)16-10-14(17)13-4-2-3-5-15(13)18-16/h2-10H,1H3. The first-order chi connectivity index (χ1) is 8.74. The SMILES string of the molecule is Cc1ccc(-c2cc(=O)c3ccccc3[se]2)cc1. The first-order valence-corrected chi connectivity index (χ1v) is 7.55. The Labute approximate surface area is 111 Å². The molecule has 0 saturated carbocycles. The van der Waals surface area contributed by atoms with Crippen LogP contribution >= 0.6 is 0 Å². The molecule has 0 spiro atoms. The van der Waals surface area contributed by atoms with Crippen LogP contribution in [0.5, 0.6) is 0 Å². The Bertz CT molecular complexity index is 754. The summed E-state index contributed by atoms with van der Waals surface area (Å²) in [5, 5.41) is 0.869. The van der Waals surface area contributed by atoms with Crippen LogP contribution in [0.2, 0.25) is 0 Å². The van der Waals surface area contributed by atoms with E-state index in [1.807, 2.05) is 18.2 Å². The number of aryl methyl sites for hydroxylation is 1. The van der Waals surface area contributed by atoms with Crippen molar-refractivity contribution in [2.45, 2.75) is 6.92 Å². The monoisotopic (exact) mass is 300 g/mol. The van der Waals surface area contributed by atoms with Crippen molar-refractivity contribution in [1.29, 1.82) is 0 Å². The molecule has 2 heteroatoms. The predicted octanol–water partition coefficient (Wildman–Crippen LogP) is 3.23. The van der Waals surface area contributed by atoms with Crippen molar-refractivity contribution in [2.75, 3.05) is 0 Å². The van der Waals surface area contributed by atoms with Crippen molar-refractivity contribution in [3.05, 3.63) is 70.4 Å². The van der Waals surface area contributed by atoms with Crippen LogP contribution in [0, 0.1) is 6.92 Å². The summed E-state index contributed by atoms with van der Waals surface area (Å²) in [6, 6.07) is 18.1. The van der Waals surface area contributed by atoms with Gasteiger partial charge in [0.25, 0.3) is 0 Å². The third-order valence-electron chi connectivity index (χ3n) is 2.97. The van der Waals surface area contributed by atoms with Crippen LogP contribution in [0.1, 0.15) is 5.56 Å². The fourth-order valence-electron chi connectivity index (χ4n) is 1.96. The van der Waals surface area contributed by atoms with Gasteiger partial charge < -0.3 is 0 Å². The molecule has 0 radical (unpaired) electrons. The zero-order valence-electron chi connectivity index (χ0n) is 10.0. The molecule has 1 nitrogen and oxygen atoms in total. The van der Waals surface area contributed by atoms with E-state index in [0.717, 1.165) is 5.39 Å². The van der Waals surface area contributed by atoms with Gasteiger partial charge >= 0.3 is 111 Å². The van der Waals surface area contributed by atoms with E-state index in [4.69, 9.17) is 0 Å². The van der Waals surface area contributed by atoms with Crippen LogP contribution in [-0.2, 0) is 0 Å². The molecular weight excluding hydrogens is 287 g/mol. The number of benzene rings is 2. The van der Waals surface area contributed by atoms with E-state index in [1.54, 1.807) is 6.07 Å². The minimum atomic E-state index is 0.134. The molecule has 0 N–H and O–H groups in total. The van der Waals surface area contributed by atoms with Crippen LogP contribution < -0.4 is 5.43 Å². The molecule has 0 amide bonds. The first-order valence-electron chi connectivity index (χ1n) is 5.84. The summed E-state index contributed by atoms with van der Waals surface area (Å²) in [5.41, 5.74) is 2.55. The van der Waals surface area contributed by atoms with Gasteiger partial charge in [-0.25, -0.2) is 0 Å². The Balaban J connectivity index is 2.24. The molecule has 3 aromatic rings. The van der Waals surface area contributed by atoms with Crippen molar-refractivity contribution in [3.8, 4) is 10.0 Å². The molecular formula is C16H12OSe. The van der Waals surface area contributed by atoms with E-state index in [2.05, 4.69) is 37.3 Å². The fourth-order valence-corrected chi connectivity index (χ4v) is 4.23. The Morgan fingerprint density at radius 1 is 0.944 bits per heavy atom. The second-order valence-electron chi connectivity index (χ2n) is 4.34. The zero-order chi connectivity index (χ0) is 12.5. The normalized spacial score (nSPS) is 10.7. The topological polar surface area (TPSA) is 17.1 Å². The molecule has 88 valence electrons. The molecule has 0 bridgehead atoms. The molecule has 3 rings (SSSR count). The number of hydrogen-bond acceptors (Lipinski definition) is 1. The third-order valence-corrected chi connectivity index (χ3v) is 5.38. The van der Waals surface area contributed by atoms with Crippen LogP contribution in [0.15, 0.2) is 59.4 Å². The summed E-state index contributed by atoms with van der Waals surface area (Å²) >= 11 is 0.222. The predicted molar refractivity (Wildman–Crippen MR) is 77.3 cm³/mol. The van der Waals surface area contributed by atoms with Crippen molar-refractivity contribution in [3.63, 3.8) is 0 Å².